The fraction of sp³-hybridized carbons (Fsp3) is 0.385. The summed E-state index contributed by atoms with van der Waals surface area (Å²) in [5, 5.41) is 0. The zero-order valence-electron chi connectivity index (χ0n) is 20.2. The molecule has 1 aromatic carbocycles. The zero-order valence-corrected chi connectivity index (χ0v) is 20.2. The van der Waals surface area contributed by atoms with Crippen molar-refractivity contribution >= 4 is 11.9 Å². The van der Waals surface area contributed by atoms with Crippen LogP contribution in [0.25, 0.3) is 11.1 Å². The molecule has 1 aliphatic rings. The van der Waals surface area contributed by atoms with Crippen molar-refractivity contribution in [2.24, 2.45) is 5.92 Å². The third kappa shape index (κ3) is 5.72. The first-order chi connectivity index (χ1) is 16.9. The number of amides is 1. The van der Waals surface area contributed by atoms with Crippen molar-refractivity contribution in [1.82, 2.24) is 19.9 Å². The second-order valence-corrected chi connectivity index (χ2v) is 8.89. The van der Waals surface area contributed by atoms with E-state index in [4.69, 9.17) is 4.74 Å². The second kappa shape index (κ2) is 10.8. The van der Waals surface area contributed by atoms with Crippen LogP contribution in [0.1, 0.15) is 35.8 Å². The summed E-state index contributed by atoms with van der Waals surface area (Å²) < 4.78 is 35.1. The number of hydrogen-bond donors (Lipinski definition) is 0. The Balaban J connectivity index is 1.35. The van der Waals surface area contributed by atoms with Crippen LogP contribution in [-0.2, 0) is 6.42 Å². The van der Waals surface area contributed by atoms with Gasteiger partial charge in [-0.25, -0.2) is 18.7 Å². The van der Waals surface area contributed by atoms with Crippen LogP contribution in [0, 0.1) is 17.6 Å². The molecule has 3 aromatic rings. The molecule has 0 aliphatic carbocycles. The maximum absolute atomic E-state index is 14.7. The van der Waals surface area contributed by atoms with E-state index in [1.54, 1.807) is 20.2 Å². The molecule has 0 atom stereocenters. The number of hydrogen-bond acceptors (Lipinski definition) is 6. The lowest BCUT2D eigenvalue weighted by atomic mass is 9.98. The van der Waals surface area contributed by atoms with Gasteiger partial charge < -0.3 is 14.5 Å². The van der Waals surface area contributed by atoms with Gasteiger partial charge in [0, 0.05) is 51.3 Å². The predicted octanol–water partition coefficient (Wildman–Crippen LogP) is 4.38. The van der Waals surface area contributed by atoms with Gasteiger partial charge in [0.25, 0.3) is 5.91 Å². The summed E-state index contributed by atoms with van der Waals surface area (Å²) in [6.45, 7) is 3.83. The lowest BCUT2D eigenvalue weighted by Crippen LogP contribution is -2.36. The molecule has 7 nitrogen and oxygen atoms in total. The number of rotatable bonds is 7. The van der Waals surface area contributed by atoms with Gasteiger partial charge in [0.2, 0.25) is 5.95 Å². The molecule has 0 N–H and O–H groups in total. The summed E-state index contributed by atoms with van der Waals surface area (Å²) in [6, 6.07) is 5.60. The highest BCUT2D eigenvalue weighted by atomic mass is 19.1. The zero-order chi connectivity index (χ0) is 24.9. The van der Waals surface area contributed by atoms with Crippen LogP contribution in [0.5, 0.6) is 5.75 Å². The molecule has 35 heavy (non-hydrogen) atoms. The Morgan fingerprint density at radius 2 is 1.69 bits per heavy atom. The van der Waals surface area contributed by atoms with Crippen molar-refractivity contribution in [1.29, 1.82) is 0 Å². The van der Waals surface area contributed by atoms with E-state index < -0.39 is 11.6 Å². The Bertz CT molecular complexity index is 1140. The summed E-state index contributed by atoms with van der Waals surface area (Å²) >= 11 is 0. The molecule has 1 amide bonds. The van der Waals surface area contributed by atoms with Crippen molar-refractivity contribution in [3.8, 4) is 16.9 Å². The molecular weight excluding hydrogens is 452 g/mol. The molecular formula is C26H29F2N5O2. The number of anilines is 1. The van der Waals surface area contributed by atoms with E-state index in [1.165, 1.54) is 29.3 Å². The first-order valence-electron chi connectivity index (χ1n) is 11.7. The average molecular weight is 482 g/mol. The molecule has 1 saturated heterocycles. The third-order valence-corrected chi connectivity index (χ3v) is 6.18. The highest BCUT2D eigenvalue weighted by molar-refractivity contribution is 5.92. The Labute approximate surface area is 203 Å². The van der Waals surface area contributed by atoms with Crippen molar-refractivity contribution < 1.29 is 18.3 Å². The number of pyridine rings is 1. The van der Waals surface area contributed by atoms with Crippen LogP contribution in [0.3, 0.4) is 0 Å². The topological polar surface area (TPSA) is 71.5 Å². The smallest absolute Gasteiger partial charge is 0.271 e. The first kappa shape index (κ1) is 24.5. The lowest BCUT2D eigenvalue weighted by molar-refractivity contribution is 0.0822. The van der Waals surface area contributed by atoms with Crippen LogP contribution in [0.4, 0.5) is 14.7 Å². The second-order valence-electron chi connectivity index (χ2n) is 8.89. The molecule has 2 aromatic heterocycles. The highest BCUT2D eigenvalue weighted by Crippen LogP contribution is 2.30. The minimum Gasteiger partial charge on any atom is -0.487 e. The number of ether oxygens (including phenoxy) is 1. The Morgan fingerprint density at radius 3 is 2.23 bits per heavy atom. The minimum atomic E-state index is -0.768. The number of benzene rings is 1. The molecule has 0 unspecified atom stereocenters. The Kier molecular flexibility index (Phi) is 7.53. The quantitative estimate of drug-likeness (QED) is 0.499. The van der Waals surface area contributed by atoms with Crippen molar-refractivity contribution in [3.63, 3.8) is 0 Å². The molecule has 0 bridgehead atoms. The average Bonchev–Trinajstić information content (AvgIpc) is 2.88. The fourth-order valence-corrected chi connectivity index (χ4v) is 3.98. The van der Waals surface area contributed by atoms with Crippen LogP contribution < -0.4 is 9.64 Å². The highest BCUT2D eigenvalue weighted by Gasteiger charge is 2.23. The predicted molar refractivity (Wildman–Crippen MR) is 129 cm³/mol. The third-order valence-electron chi connectivity index (χ3n) is 6.18. The van der Waals surface area contributed by atoms with E-state index in [0.717, 1.165) is 37.9 Å². The largest absolute Gasteiger partial charge is 0.487 e. The Morgan fingerprint density at radius 1 is 1.03 bits per heavy atom. The summed E-state index contributed by atoms with van der Waals surface area (Å²) in [4.78, 5) is 28.5. The first-order valence-corrected chi connectivity index (χ1v) is 11.7. The van der Waals surface area contributed by atoms with Gasteiger partial charge in [0.1, 0.15) is 5.69 Å². The Hall–Kier alpha value is -3.62. The van der Waals surface area contributed by atoms with Gasteiger partial charge in [-0.3, -0.25) is 9.78 Å². The SMILES string of the molecule is CCc1cnc(N2CCC(COc3c(F)cc(-c4ccc(C(=O)N(C)C)nc4)cc3F)CC2)nc1. The van der Waals surface area contributed by atoms with Gasteiger partial charge in [-0.05, 0) is 54.5 Å². The standard InChI is InChI=1S/C26H29F2N5O2/c1-4-17-13-30-26(31-14-17)33-9-7-18(8-10-33)16-35-24-21(27)11-20(12-22(24)28)19-5-6-23(29-15-19)25(34)32(2)3/h5-6,11-15,18H,4,7-10,16H2,1-3H3. The number of piperidine rings is 1. The maximum atomic E-state index is 14.7. The summed E-state index contributed by atoms with van der Waals surface area (Å²) in [7, 11) is 3.26. The van der Waals surface area contributed by atoms with Crippen molar-refractivity contribution in [2.75, 3.05) is 38.7 Å². The monoisotopic (exact) mass is 481 g/mol. The summed E-state index contributed by atoms with van der Waals surface area (Å²) in [5.41, 5.74) is 2.19. The van der Waals surface area contributed by atoms with Gasteiger partial charge in [0.05, 0.1) is 6.61 Å². The molecule has 184 valence electrons. The van der Waals surface area contributed by atoms with Crippen LogP contribution in [-0.4, -0.2) is 59.6 Å². The van der Waals surface area contributed by atoms with E-state index in [2.05, 4.69) is 26.8 Å². The summed E-state index contributed by atoms with van der Waals surface area (Å²) in [6.07, 6.45) is 7.67. The van der Waals surface area contributed by atoms with E-state index in [-0.39, 0.29) is 29.9 Å². The number of halogens is 2. The van der Waals surface area contributed by atoms with Crippen molar-refractivity contribution in [2.45, 2.75) is 26.2 Å². The molecule has 0 saturated carbocycles. The van der Waals surface area contributed by atoms with Gasteiger partial charge in [0.15, 0.2) is 17.4 Å². The number of carbonyl (C=O) groups excluding carboxylic acids is 1. The molecule has 9 heteroatoms. The number of nitrogens with zero attached hydrogens (tertiary/aromatic N) is 5. The molecule has 4 rings (SSSR count). The van der Waals surface area contributed by atoms with E-state index >= 15 is 0 Å². The van der Waals surface area contributed by atoms with Gasteiger partial charge >= 0.3 is 0 Å². The van der Waals surface area contributed by atoms with Crippen LogP contribution in [0.15, 0.2) is 42.9 Å². The van der Waals surface area contributed by atoms with Crippen LogP contribution in [0.2, 0.25) is 0 Å². The maximum Gasteiger partial charge on any atom is 0.271 e. The summed E-state index contributed by atoms with van der Waals surface area (Å²) in [5.74, 6) is -1.26. The fourth-order valence-electron chi connectivity index (χ4n) is 3.98. The van der Waals surface area contributed by atoms with Crippen molar-refractivity contribution in [3.05, 3.63) is 65.7 Å². The van der Waals surface area contributed by atoms with Gasteiger partial charge in [-0.1, -0.05) is 13.0 Å². The van der Waals surface area contributed by atoms with E-state index in [1.807, 2.05) is 12.4 Å². The molecule has 0 radical (unpaired) electrons. The molecule has 0 spiro atoms. The van der Waals surface area contributed by atoms with Gasteiger partial charge in [-0.15, -0.1) is 0 Å². The van der Waals surface area contributed by atoms with E-state index in [9.17, 15) is 13.6 Å². The molecule has 1 aliphatic heterocycles. The van der Waals surface area contributed by atoms with E-state index in [0.29, 0.717) is 17.1 Å². The number of aromatic nitrogens is 3. The minimum absolute atomic E-state index is 0.186. The molecule has 3 heterocycles. The van der Waals surface area contributed by atoms with Gasteiger partial charge in [-0.2, -0.15) is 0 Å². The van der Waals surface area contributed by atoms with Crippen LogP contribution >= 0.6 is 0 Å². The number of aryl methyl sites for hydroxylation is 1. The molecule has 1 fully saturated rings. The number of carbonyl (C=O) groups is 1. The lowest BCUT2D eigenvalue weighted by Gasteiger charge is -2.31. The normalized spacial score (nSPS) is 14.1.